The van der Waals surface area contributed by atoms with E-state index < -0.39 is 0 Å². The maximum absolute atomic E-state index is 12.6. The minimum atomic E-state index is -0.333. The fourth-order valence-electron chi connectivity index (χ4n) is 2.46. The predicted octanol–water partition coefficient (Wildman–Crippen LogP) is 2.42. The second kappa shape index (κ2) is 9.59. The van der Waals surface area contributed by atoms with Crippen LogP contribution in [0.3, 0.4) is 0 Å². The number of rotatable bonds is 8. The molecule has 0 radical (unpaired) electrons. The van der Waals surface area contributed by atoms with Gasteiger partial charge in [-0.2, -0.15) is 0 Å². The molecule has 0 bridgehead atoms. The number of hydrogen-bond acceptors (Lipinski definition) is 5. The number of carbonyl (C=O) groups is 2. The van der Waals surface area contributed by atoms with Crippen LogP contribution in [0.1, 0.15) is 34.1 Å². The van der Waals surface area contributed by atoms with Crippen LogP contribution in [-0.2, 0) is 0 Å². The van der Waals surface area contributed by atoms with Gasteiger partial charge in [-0.3, -0.25) is 9.59 Å². The van der Waals surface area contributed by atoms with Crippen LogP contribution in [-0.4, -0.2) is 38.6 Å². The van der Waals surface area contributed by atoms with Gasteiger partial charge in [0.25, 0.3) is 11.8 Å². The Morgan fingerprint density at radius 2 is 1.67 bits per heavy atom. The van der Waals surface area contributed by atoms with E-state index in [-0.39, 0.29) is 23.4 Å². The number of methoxy groups -OCH3 is 2. The van der Waals surface area contributed by atoms with Crippen molar-refractivity contribution < 1.29 is 19.1 Å². The van der Waals surface area contributed by atoms with Gasteiger partial charge in [0.05, 0.1) is 25.5 Å². The molecule has 0 saturated heterocycles. The minimum absolute atomic E-state index is 0.0204. The van der Waals surface area contributed by atoms with Crippen molar-refractivity contribution >= 4 is 17.5 Å². The quantitative estimate of drug-likeness (QED) is 0.661. The smallest absolute Gasteiger partial charge is 0.255 e. The highest BCUT2D eigenvalue weighted by molar-refractivity contribution is 6.09. The number of benzene rings is 2. The molecule has 7 nitrogen and oxygen atoms in total. The third-order valence-electron chi connectivity index (χ3n) is 3.94. The van der Waals surface area contributed by atoms with Crippen LogP contribution in [0.15, 0.2) is 42.5 Å². The van der Waals surface area contributed by atoms with Gasteiger partial charge in [-0.15, -0.1) is 0 Å². The molecular formula is C20H25N3O4. The number of carbonyl (C=O) groups excluding carboxylic acids is 2. The molecule has 7 heteroatoms. The molecule has 1 atom stereocenters. The molecule has 0 aliphatic carbocycles. The largest absolute Gasteiger partial charge is 0.493 e. The van der Waals surface area contributed by atoms with Gasteiger partial charge in [-0.05, 0) is 31.5 Å². The van der Waals surface area contributed by atoms with E-state index in [2.05, 4.69) is 10.6 Å². The molecule has 144 valence electrons. The van der Waals surface area contributed by atoms with E-state index in [1.807, 2.05) is 13.0 Å². The average Bonchev–Trinajstić information content (AvgIpc) is 2.67. The van der Waals surface area contributed by atoms with E-state index in [1.165, 1.54) is 14.2 Å². The summed E-state index contributed by atoms with van der Waals surface area (Å²) in [6, 6.07) is 11.8. The monoisotopic (exact) mass is 371 g/mol. The number of nitrogens with one attached hydrogen (secondary N) is 2. The van der Waals surface area contributed by atoms with Crippen LogP contribution in [0.5, 0.6) is 11.5 Å². The molecule has 1 unspecified atom stereocenters. The third kappa shape index (κ3) is 5.46. The second-order valence-electron chi connectivity index (χ2n) is 6.09. The van der Waals surface area contributed by atoms with Crippen LogP contribution >= 0.6 is 0 Å². The van der Waals surface area contributed by atoms with E-state index in [0.29, 0.717) is 35.7 Å². The summed E-state index contributed by atoms with van der Waals surface area (Å²) in [6.45, 7) is 2.30. The Hall–Kier alpha value is -3.06. The van der Waals surface area contributed by atoms with E-state index in [9.17, 15) is 9.59 Å². The summed E-state index contributed by atoms with van der Waals surface area (Å²) < 4.78 is 10.6. The van der Waals surface area contributed by atoms with Gasteiger partial charge in [0.15, 0.2) is 11.5 Å². The SMILES string of the molecule is COc1cc(NC(=O)c2ccccc2)c(C(=O)NCCC(C)N)cc1OC. The zero-order valence-corrected chi connectivity index (χ0v) is 15.7. The lowest BCUT2D eigenvalue weighted by Crippen LogP contribution is -2.29. The van der Waals surface area contributed by atoms with E-state index >= 15 is 0 Å². The number of amides is 2. The number of ether oxygens (including phenoxy) is 2. The summed E-state index contributed by atoms with van der Waals surface area (Å²) in [6.07, 6.45) is 0.644. The first-order valence-corrected chi connectivity index (χ1v) is 8.62. The fraction of sp³-hybridized carbons (Fsp3) is 0.300. The minimum Gasteiger partial charge on any atom is -0.493 e. The molecule has 2 rings (SSSR count). The Bertz CT molecular complexity index is 791. The lowest BCUT2D eigenvalue weighted by atomic mass is 10.1. The molecule has 27 heavy (non-hydrogen) atoms. The van der Waals surface area contributed by atoms with Crippen LogP contribution < -0.4 is 25.8 Å². The molecule has 4 N–H and O–H groups in total. The van der Waals surface area contributed by atoms with Gasteiger partial charge in [0.1, 0.15) is 0 Å². The molecule has 2 aromatic carbocycles. The first-order chi connectivity index (χ1) is 13.0. The Balaban J connectivity index is 2.32. The molecule has 0 saturated carbocycles. The molecule has 2 amide bonds. The molecule has 0 aromatic heterocycles. The summed E-state index contributed by atoms with van der Waals surface area (Å²) in [7, 11) is 2.97. The standard InChI is InChI=1S/C20H25N3O4/c1-13(21)9-10-22-20(25)15-11-17(26-2)18(27-3)12-16(15)23-19(24)14-7-5-4-6-8-14/h4-8,11-13H,9-10,21H2,1-3H3,(H,22,25)(H,23,24). The Morgan fingerprint density at radius 3 is 2.26 bits per heavy atom. The van der Waals surface area contributed by atoms with Crippen LogP contribution in [0.25, 0.3) is 0 Å². The summed E-state index contributed by atoms with van der Waals surface area (Å²) >= 11 is 0. The van der Waals surface area contributed by atoms with Crippen molar-refractivity contribution in [2.45, 2.75) is 19.4 Å². The van der Waals surface area contributed by atoms with E-state index in [4.69, 9.17) is 15.2 Å². The molecule has 0 aliphatic rings. The predicted molar refractivity (Wildman–Crippen MR) is 105 cm³/mol. The van der Waals surface area contributed by atoms with Crippen molar-refractivity contribution in [1.82, 2.24) is 5.32 Å². The third-order valence-corrected chi connectivity index (χ3v) is 3.94. The zero-order chi connectivity index (χ0) is 19.8. The molecule has 0 fully saturated rings. The van der Waals surface area contributed by atoms with E-state index in [0.717, 1.165) is 0 Å². The summed E-state index contributed by atoms with van der Waals surface area (Å²) in [5, 5.41) is 5.58. The number of nitrogens with two attached hydrogens (primary N) is 1. The topological polar surface area (TPSA) is 103 Å². The van der Waals surface area contributed by atoms with Crippen LogP contribution in [0.2, 0.25) is 0 Å². The maximum atomic E-state index is 12.6. The van der Waals surface area contributed by atoms with Crippen LogP contribution in [0, 0.1) is 0 Å². The first-order valence-electron chi connectivity index (χ1n) is 8.62. The molecule has 2 aromatic rings. The van der Waals surface area contributed by atoms with Crippen LogP contribution in [0.4, 0.5) is 5.69 Å². The average molecular weight is 371 g/mol. The van der Waals surface area contributed by atoms with Gasteiger partial charge in [-0.25, -0.2) is 0 Å². The Morgan fingerprint density at radius 1 is 1.04 bits per heavy atom. The number of anilines is 1. The zero-order valence-electron chi connectivity index (χ0n) is 15.7. The number of hydrogen-bond donors (Lipinski definition) is 3. The molecule has 0 heterocycles. The summed E-state index contributed by atoms with van der Waals surface area (Å²) in [5.41, 5.74) is 6.81. The van der Waals surface area contributed by atoms with Crippen molar-refractivity contribution in [3.8, 4) is 11.5 Å². The lowest BCUT2D eigenvalue weighted by Gasteiger charge is -2.16. The molecular weight excluding hydrogens is 346 g/mol. The van der Waals surface area contributed by atoms with Gasteiger partial charge in [0.2, 0.25) is 0 Å². The Kier molecular flexibility index (Phi) is 7.19. The summed E-state index contributed by atoms with van der Waals surface area (Å²) in [5.74, 6) is 0.146. The van der Waals surface area contributed by atoms with Gasteiger partial charge in [-0.1, -0.05) is 18.2 Å². The highest BCUT2D eigenvalue weighted by Gasteiger charge is 2.19. The van der Waals surface area contributed by atoms with E-state index in [1.54, 1.807) is 36.4 Å². The van der Waals surface area contributed by atoms with Gasteiger partial charge < -0.3 is 25.8 Å². The first kappa shape index (κ1) is 20.3. The van der Waals surface area contributed by atoms with Gasteiger partial charge in [0, 0.05) is 24.2 Å². The van der Waals surface area contributed by atoms with Crippen molar-refractivity contribution in [2.75, 3.05) is 26.1 Å². The van der Waals surface area contributed by atoms with Crippen molar-refractivity contribution in [3.63, 3.8) is 0 Å². The summed E-state index contributed by atoms with van der Waals surface area (Å²) in [4.78, 5) is 25.1. The Labute approximate surface area is 158 Å². The molecule has 0 aliphatic heterocycles. The lowest BCUT2D eigenvalue weighted by molar-refractivity contribution is 0.0953. The highest BCUT2D eigenvalue weighted by atomic mass is 16.5. The van der Waals surface area contributed by atoms with Crippen molar-refractivity contribution in [2.24, 2.45) is 5.73 Å². The maximum Gasteiger partial charge on any atom is 0.255 e. The normalized spacial score (nSPS) is 11.4. The van der Waals surface area contributed by atoms with Crippen molar-refractivity contribution in [3.05, 3.63) is 53.6 Å². The molecule has 0 spiro atoms. The second-order valence-corrected chi connectivity index (χ2v) is 6.09. The fourth-order valence-corrected chi connectivity index (χ4v) is 2.46. The highest BCUT2D eigenvalue weighted by Crippen LogP contribution is 2.33. The van der Waals surface area contributed by atoms with Gasteiger partial charge >= 0.3 is 0 Å². The van der Waals surface area contributed by atoms with Crippen molar-refractivity contribution in [1.29, 1.82) is 0 Å².